The van der Waals surface area contributed by atoms with Gasteiger partial charge in [-0.2, -0.15) is 8.42 Å². The van der Waals surface area contributed by atoms with E-state index < -0.39 is 51.0 Å². The molecule has 1 aromatic carbocycles. The third-order valence-electron chi connectivity index (χ3n) is 4.05. The van der Waals surface area contributed by atoms with Crippen LogP contribution >= 0.6 is 0 Å². The number of rotatable bonds is 4. The van der Waals surface area contributed by atoms with Crippen molar-refractivity contribution in [3.05, 3.63) is 29.3 Å². The lowest BCUT2D eigenvalue weighted by atomic mass is 9.99. The number of carbonyl (C=O) groups is 2. The molecule has 0 N–H and O–H groups in total. The van der Waals surface area contributed by atoms with E-state index in [-0.39, 0.29) is 12.5 Å². The van der Waals surface area contributed by atoms with E-state index >= 15 is 0 Å². The highest BCUT2D eigenvalue weighted by Gasteiger charge is 2.28. The predicted molar refractivity (Wildman–Crippen MR) is 98.1 cm³/mol. The van der Waals surface area contributed by atoms with Crippen molar-refractivity contribution < 1.29 is 36.3 Å². The summed E-state index contributed by atoms with van der Waals surface area (Å²) in [6.07, 6.45) is 1.00. The number of hydrogen-bond donors (Lipinski definition) is 0. The van der Waals surface area contributed by atoms with Gasteiger partial charge in [0.05, 0.1) is 12.2 Å². The number of carbonyl (C=O) groups excluding carboxylic acids is 2. The van der Waals surface area contributed by atoms with Crippen molar-refractivity contribution in [1.29, 1.82) is 0 Å². The number of halogens is 2. The third-order valence-corrected chi connectivity index (χ3v) is 4.37. The number of nitrogens with zero attached hydrogens (tertiary/aromatic N) is 2. The Kier molecular flexibility index (Phi) is 7.28. The second-order valence-electron chi connectivity index (χ2n) is 7.62. The van der Waals surface area contributed by atoms with Crippen molar-refractivity contribution in [3.8, 4) is 5.75 Å². The standard InChI is InChI=1S/C18H22F2N2O6S/c1-18(2,3)28-17(24)22-6-4-5-11(9-22)10-27-15-8-13(19)12(7-14(15)20)16(23)21-29(25)26/h7-8,11H,4-6,9-10H2,1-3H3. The summed E-state index contributed by atoms with van der Waals surface area (Å²) >= 11 is 0. The summed E-state index contributed by atoms with van der Waals surface area (Å²) < 4.78 is 62.3. The van der Waals surface area contributed by atoms with Crippen LogP contribution < -0.4 is 4.74 Å². The number of amides is 2. The molecule has 0 aromatic heterocycles. The van der Waals surface area contributed by atoms with E-state index in [0.717, 1.165) is 6.42 Å². The van der Waals surface area contributed by atoms with Gasteiger partial charge in [0.25, 0.3) is 5.91 Å². The minimum atomic E-state index is -3.07. The predicted octanol–water partition coefficient (Wildman–Crippen LogP) is 3.19. The van der Waals surface area contributed by atoms with E-state index in [0.29, 0.717) is 31.6 Å². The van der Waals surface area contributed by atoms with Gasteiger partial charge in [-0.3, -0.25) is 4.79 Å². The van der Waals surface area contributed by atoms with Gasteiger partial charge in [-0.15, -0.1) is 0 Å². The van der Waals surface area contributed by atoms with Gasteiger partial charge in [-0.05, 0) is 39.7 Å². The monoisotopic (exact) mass is 432 g/mol. The fraction of sp³-hybridized carbons (Fsp3) is 0.556. The SMILES string of the molecule is CC(C)(C)OC(=O)N1CCCC(COc2cc(F)c(C(=O)N=S(=O)=O)cc2F)C1. The Balaban J connectivity index is 2.02. The zero-order chi connectivity index (χ0) is 21.8. The zero-order valence-electron chi connectivity index (χ0n) is 16.3. The lowest BCUT2D eigenvalue weighted by molar-refractivity contribution is 0.0138. The molecule has 2 amide bonds. The van der Waals surface area contributed by atoms with Crippen LogP contribution in [-0.2, 0) is 15.2 Å². The second kappa shape index (κ2) is 9.29. The van der Waals surface area contributed by atoms with Gasteiger partial charge in [0, 0.05) is 25.1 Å². The fourth-order valence-corrected chi connectivity index (χ4v) is 3.05. The molecule has 1 aromatic rings. The lowest BCUT2D eigenvalue weighted by Gasteiger charge is -2.34. The quantitative estimate of drug-likeness (QED) is 0.724. The van der Waals surface area contributed by atoms with Crippen LogP contribution in [0.15, 0.2) is 16.5 Å². The molecule has 11 heteroatoms. The van der Waals surface area contributed by atoms with Crippen LogP contribution in [0.25, 0.3) is 0 Å². The maximum atomic E-state index is 14.1. The summed E-state index contributed by atoms with van der Waals surface area (Å²) in [5.74, 6) is -4.13. The molecule has 29 heavy (non-hydrogen) atoms. The molecular weight excluding hydrogens is 410 g/mol. The van der Waals surface area contributed by atoms with Gasteiger partial charge in [-0.25, -0.2) is 13.6 Å². The average Bonchev–Trinajstić information content (AvgIpc) is 2.60. The number of benzene rings is 1. The van der Waals surface area contributed by atoms with Gasteiger partial charge in [0.15, 0.2) is 11.6 Å². The molecule has 1 unspecified atom stereocenters. The maximum Gasteiger partial charge on any atom is 0.410 e. The second-order valence-corrected chi connectivity index (χ2v) is 8.24. The minimum Gasteiger partial charge on any atom is -0.490 e. The van der Waals surface area contributed by atoms with Crippen LogP contribution in [0.2, 0.25) is 0 Å². The first-order chi connectivity index (χ1) is 13.5. The Labute approximate surface area is 168 Å². The van der Waals surface area contributed by atoms with Crippen LogP contribution in [-0.4, -0.2) is 50.6 Å². The van der Waals surface area contributed by atoms with Crippen molar-refractivity contribution in [2.45, 2.75) is 39.2 Å². The molecule has 1 aliphatic heterocycles. The van der Waals surface area contributed by atoms with Crippen LogP contribution in [0.5, 0.6) is 5.75 Å². The summed E-state index contributed by atoms with van der Waals surface area (Å²) in [5, 5.41) is 0. The van der Waals surface area contributed by atoms with E-state index in [1.54, 1.807) is 25.7 Å². The molecule has 1 aliphatic rings. The third kappa shape index (κ3) is 6.77. The summed E-state index contributed by atoms with van der Waals surface area (Å²) in [6.45, 7) is 6.22. The molecule has 2 rings (SSSR count). The highest BCUT2D eigenvalue weighted by atomic mass is 32.2. The number of ether oxygens (including phenoxy) is 2. The maximum absolute atomic E-state index is 14.1. The molecule has 1 saturated heterocycles. The molecule has 0 aliphatic carbocycles. The lowest BCUT2D eigenvalue weighted by Crippen LogP contribution is -2.44. The Morgan fingerprint density at radius 3 is 2.55 bits per heavy atom. The van der Waals surface area contributed by atoms with E-state index in [9.17, 15) is 26.8 Å². The molecule has 160 valence electrons. The molecule has 0 spiro atoms. The number of piperidine rings is 1. The summed E-state index contributed by atoms with van der Waals surface area (Å²) in [7, 11) is -3.07. The summed E-state index contributed by atoms with van der Waals surface area (Å²) in [4.78, 5) is 25.2. The van der Waals surface area contributed by atoms with Crippen LogP contribution in [0, 0.1) is 17.6 Å². The first kappa shape index (κ1) is 22.7. The molecular formula is C18H22F2N2O6S. The fourth-order valence-electron chi connectivity index (χ4n) is 2.82. The van der Waals surface area contributed by atoms with E-state index in [2.05, 4.69) is 4.36 Å². The topological polar surface area (TPSA) is 102 Å². The normalized spacial score (nSPS) is 16.9. The van der Waals surface area contributed by atoms with Crippen LogP contribution in [0.4, 0.5) is 13.6 Å². The Hall–Kier alpha value is -2.56. The highest BCUT2D eigenvalue weighted by Crippen LogP contribution is 2.25. The first-order valence-corrected chi connectivity index (χ1v) is 9.94. The average molecular weight is 432 g/mol. The minimum absolute atomic E-state index is 0.0257. The first-order valence-electron chi connectivity index (χ1n) is 8.91. The molecule has 1 atom stereocenters. The van der Waals surface area contributed by atoms with Crippen molar-refractivity contribution in [2.24, 2.45) is 10.3 Å². The van der Waals surface area contributed by atoms with Gasteiger partial charge < -0.3 is 14.4 Å². The molecule has 0 saturated carbocycles. The zero-order valence-corrected chi connectivity index (χ0v) is 17.1. The van der Waals surface area contributed by atoms with Crippen LogP contribution in [0.3, 0.4) is 0 Å². The number of hydrogen-bond acceptors (Lipinski definition) is 6. The number of likely N-dealkylation sites (tertiary alicyclic amines) is 1. The van der Waals surface area contributed by atoms with Crippen molar-refractivity contribution in [2.75, 3.05) is 19.7 Å². The van der Waals surface area contributed by atoms with Gasteiger partial charge in [0.2, 0.25) is 0 Å². The summed E-state index contributed by atoms with van der Waals surface area (Å²) in [6, 6.07) is 1.21. The van der Waals surface area contributed by atoms with Gasteiger partial charge in [-0.1, -0.05) is 4.36 Å². The molecule has 0 radical (unpaired) electrons. The highest BCUT2D eigenvalue weighted by molar-refractivity contribution is 7.62. The Bertz CT molecular complexity index is 919. The van der Waals surface area contributed by atoms with Crippen molar-refractivity contribution in [1.82, 2.24) is 4.90 Å². The van der Waals surface area contributed by atoms with Crippen molar-refractivity contribution >= 4 is 22.5 Å². The van der Waals surface area contributed by atoms with E-state index in [1.165, 1.54) is 0 Å². The molecule has 1 fully saturated rings. The smallest absolute Gasteiger partial charge is 0.410 e. The van der Waals surface area contributed by atoms with Crippen molar-refractivity contribution in [3.63, 3.8) is 0 Å². The van der Waals surface area contributed by atoms with Crippen LogP contribution in [0.1, 0.15) is 44.0 Å². The molecule has 1 heterocycles. The molecule has 8 nitrogen and oxygen atoms in total. The largest absolute Gasteiger partial charge is 0.490 e. The van der Waals surface area contributed by atoms with E-state index in [4.69, 9.17) is 9.47 Å². The molecule has 0 bridgehead atoms. The Morgan fingerprint density at radius 2 is 1.93 bits per heavy atom. The van der Waals surface area contributed by atoms with E-state index in [1.807, 2.05) is 0 Å². The summed E-state index contributed by atoms with van der Waals surface area (Å²) in [5.41, 5.74) is -1.43. The Morgan fingerprint density at radius 1 is 1.24 bits per heavy atom. The van der Waals surface area contributed by atoms with Gasteiger partial charge >= 0.3 is 16.6 Å². The van der Waals surface area contributed by atoms with Gasteiger partial charge in [0.1, 0.15) is 11.4 Å².